The summed E-state index contributed by atoms with van der Waals surface area (Å²) in [6, 6.07) is 11.5. The molecule has 7 heteroatoms. The van der Waals surface area contributed by atoms with Gasteiger partial charge in [-0.3, -0.25) is 15.1 Å². The molecule has 1 aromatic carbocycles. The van der Waals surface area contributed by atoms with Crippen molar-refractivity contribution in [2.24, 2.45) is 0 Å². The number of thioether (sulfide) groups is 1. The van der Waals surface area contributed by atoms with Crippen molar-refractivity contribution in [3.05, 3.63) is 59.7 Å². The molecule has 0 spiro atoms. The van der Waals surface area contributed by atoms with Crippen LogP contribution in [0.3, 0.4) is 0 Å². The molecule has 1 saturated heterocycles. The number of hydrogen-bond donors (Lipinski definition) is 1. The molecule has 1 aliphatic heterocycles. The molecule has 1 aliphatic rings. The van der Waals surface area contributed by atoms with Gasteiger partial charge in [0.05, 0.1) is 17.4 Å². The van der Waals surface area contributed by atoms with Crippen LogP contribution in [0.15, 0.2) is 59.1 Å². The van der Waals surface area contributed by atoms with Crippen LogP contribution in [-0.2, 0) is 4.74 Å². The number of amides is 1. The van der Waals surface area contributed by atoms with Gasteiger partial charge in [0.1, 0.15) is 0 Å². The molecule has 2 aromatic heterocycles. The van der Waals surface area contributed by atoms with Gasteiger partial charge >= 0.3 is 0 Å². The Kier molecular flexibility index (Phi) is 5.81. The minimum absolute atomic E-state index is 0.141. The molecule has 27 heavy (non-hydrogen) atoms. The molecule has 0 bridgehead atoms. The van der Waals surface area contributed by atoms with Crippen molar-refractivity contribution >= 4 is 34.1 Å². The lowest BCUT2D eigenvalue weighted by atomic mass is 10.2. The molecule has 3 heterocycles. The van der Waals surface area contributed by atoms with Crippen LogP contribution in [-0.4, -0.2) is 34.3 Å². The van der Waals surface area contributed by atoms with Crippen molar-refractivity contribution in [2.75, 3.05) is 17.7 Å². The average Bonchev–Trinajstić information content (AvgIpc) is 3.39. The van der Waals surface area contributed by atoms with Gasteiger partial charge < -0.3 is 4.74 Å². The highest BCUT2D eigenvalue weighted by Gasteiger charge is 2.18. The van der Waals surface area contributed by atoms with E-state index in [9.17, 15) is 4.79 Å². The van der Waals surface area contributed by atoms with Crippen molar-refractivity contribution < 1.29 is 9.53 Å². The van der Waals surface area contributed by atoms with Crippen molar-refractivity contribution in [1.29, 1.82) is 0 Å². The fourth-order valence-electron chi connectivity index (χ4n) is 2.88. The fraction of sp³-hybridized carbons (Fsp3) is 0.250. The van der Waals surface area contributed by atoms with Crippen LogP contribution in [0.2, 0.25) is 0 Å². The normalized spacial score (nSPS) is 16.4. The van der Waals surface area contributed by atoms with E-state index in [1.807, 2.05) is 41.8 Å². The number of ether oxygens (including phenoxy) is 1. The molecule has 1 fully saturated rings. The standard InChI is InChI=1S/C20H19N3O2S2/c24-19(23-20-22-17(13-27-20)14-5-3-9-21-11-14)16-7-1-2-8-18(16)26-12-15-6-4-10-25-15/h1-3,5,7-9,11,13,15H,4,6,10,12H2,(H,22,23,24)/t15-/m1/s1. The van der Waals surface area contributed by atoms with Crippen LogP contribution in [0.1, 0.15) is 23.2 Å². The number of nitrogens with one attached hydrogen (secondary N) is 1. The number of thiazole rings is 1. The minimum Gasteiger partial charge on any atom is -0.377 e. The van der Waals surface area contributed by atoms with E-state index in [0.717, 1.165) is 41.4 Å². The van der Waals surface area contributed by atoms with E-state index in [-0.39, 0.29) is 12.0 Å². The third-order valence-corrected chi connectivity index (χ3v) is 6.23. The van der Waals surface area contributed by atoms with Crippen LogP contribution >= 0.6 is 23.1 Å². The van der Waals surface area contributed by atoms with Gasteiger partial charge in [-0.1, -0.05) is 12.1 Å². The highest BCUT2D eigenvalue weighted by atomic mass is 32.2. The largest absolute Gasteiger partial charge is 0.377 e. The Labute approximate surface area is 166 Å². The van der Waals surface area contributed by atoms with Crippen molar-refractivity contribution in [3.63, 3.8) is 0 Å². The Morgan fingerprint density at radius 2 is 2.22 bits per heavy atom. The van der Waals surface area contributed by atoms with Crippen LogP contribution in [0.5, 0.6) is 0 Å². The van der Waals surface area contributed by atoms with Gasteiger partial charge in [-0.25, -0.2) is 4.98 Å². The van der Waals surface area contributed by atoms with Gasteiger partial charge in [0, 0.05) is 40.6 Å². The summed E-state index contributed by atoms with van der Waals surface area (Å²) in [4.78, 5) is 22.4. The van der Waals surface area contributed by atoms with Crippen LogP contribution in [0, 0.1) is 0 Å². The summed E-state index contributed by atoms with van der Waals surface area (Å²) in [6.45, 7) is 0.844. The highest BCUT2D eigenvalue weighted by Crippen LogP contribution is 2.28. The zero-order chi connectivity index (χ0) is 18.5. The maximum absolute atomic E-state index is 12.8. The van der Waals surface area contributed by atoms with Crippen molar-refractivity contribution in [1.82, 2.24) is 9.97 Å². The number of pyridine rings is 1. The minimum atomic E-state index is -0.141. The lowest BCUT2D eigenvalue weighted by Gasteiger charge is -2.11. The Morgan fingerprint density at radius 1 is 1.30 bits per heavy atom. The second kappa shape index (κ2) is 8.65. The maximum atomic E-state index is 12.8. The Hall–Kier alpha value is -2.22. The number of carbonyl (C=O) groups is 1. The summed E-state index contributed by atoms with van der Waals surface area (Å²) in [6.07, 6.45) is 5.99. The molecule has 0 saturated carbocycles. The first-order valence-corrected chi connectivity index (χ1v) is 10.7. The van der Waals surface area contributed by atoms with E-state index in [1.165, 1.54) is 11.3 Å². The lowest BCUT2D eigenvalue weighted by molar-refractivity contribution is 0.102. The zero-order valence-electron chi connectivity index (χ0n) is 14.6. The highest BCUT2D eigenvalue weighted by molar-refractivity contribution is 7.99. The second-order valence-corrected chi connectivity index (χ2v) is 8.10. The molecule has 1 N–H and O–H groups in total. The number of nitrogens with zero attached hydrogens (tertiary/aromatic N) is 2. The monoisotopic (exact) mass is 397 g/mol. The first-order valence-electron chi connectivity index (χ1n) is 8.80. The molecule has 1 amide bonds. The van der Waals surface area contributed by atoms with Crippen LogP contribution in [0.25, 0.3) is 11.3 Å². The number of hydrogen-bond acceptors (Lipinski definition) is 6. The summed E-state index contributed by atoms with van der Waals surface area (Å²) in [5.74, 6) is 0.727. The predicted octanol–water partition coefficient (Wildman–Crippen LogP) is 4.73. The third kappa shape index (κ3) is 4.55. The van der Waals surface area contributed by atoms with Gasteiger partial charge in [0.25, 0.3) is 5.91 Å². The Bertz CT molecular complexity index is 908. The van der Waals surface area contributed by atoms with E-state index in [2.05, 4.69) is 15.3 Å². The van der Waals surface area contributed by atoms with Crippen molar-refractivity contribution in [3.8, 4) is 11.3 Å². The average molecular weight is 398 g/mol. The van der Waals surface area contributed by atoms with E-state index in [0.29, 0.717) is 10.7 Å². The topological polar surface area (TPSA) is 64.1 Å². The Morgan fingerprint density at radius 3 is 3.04 bits per heavy atom. The van der Waals surface area contributed by atoms with E-state index in [1.54, 1.807) is 24.2 Å². The number of rotatable bonds is 6. The molecule has 4 rings (SSSR count). The third-order valence-electron chi connectivity index (χ3n) is 4.26. The summed E-state index contributed by atoms with van der Waals surface area (Å²) in [5.41, 5.74) is 2.41. The molecule has 3 aromatic rings. The second-order valence-electron chi connectivity index (χ2n) is 6.18. The summed E-state index contributed by atoms with van der Waals surface area (Å²) < 4.78 is 5.68. The van der Waals surface area contributed by atoms with E-state index >= 15 is 0 Å². The van der Waals surface area contributed by atoms with Gasteiger partial charge in [0.2, 0.25) is 0 Å². The quantitative estimate of drug-likeness (QED) is 0.609. The fourth-order valence-corrected chi connectivity index (χ4v) is 4.72. The smallest absolute Gasteiger partial charge is 0.258 e. The van der Waals surface area contributed by atoms with Crippen LogP contribution in [0.4, 0.5) is 5.13 Å². The van der Waals surface area contributed by atoms with Crippen LogP contribution < -0.4 is 5.32 Å². The predicted molar refractivity (Wildman–Crippen MR) is 109 cm³/mol. The Balaban J connectivity index is 1.44. The molecule has 5 nitrogen and oxygen atoms in total. The van der Waals surface area contributed by atoms with Gasteiger partial charge in [-0.2, -0.15) is 0 Å². The van der Waals surface area contributed by atoms with Gasteiger partial charge in [0.15, 0.2) is 5.13 Å². The SMILES string of the molecule is O=C(Nc1nc(-c2cccnc2)cs1)c1ccccc1SC[C@H]1CCCO1. The molecular weight excluding hydrogens is 378 g/mol. The number of carbonyl (C=O) groups excluding carboxylic acids is 1. The molecule has 0 aliphatic carbocycles. The first kappa shape index (κ1) is 18.2. The number of aromatic nitrogens is 2. The first-order chi connectivity index (χ1) is 13.3. The summed E-state index contributed by atoms with van der Waals surface area (Å²) in [7, 11) is 0. The summed E-state index contributed by atoms with van der Waals surface area (Å²) >= 11 is 3.08. The molecular formula is C20H19N3O2S2. The summed E-state index contributed by atoms with van der Waals surface area (Å²) in [5, 5.41) is 5.42. The maximum Gasteiger partial charge on any atom is 0.258 e. The molecule has 1 atom stereocenters. The lowest BCUT2D eigenvalue weighted by Crippen LogP contribution is -2.14. The molecule has 0 unspecified atom stereocenters. The van der Waals surface area contributed by atoms with Gasteiger partial charge in [-0.15, -0.1) is 23.1 Å². The molecule has 138 valence electrons. The van der Waals surface area contributed by atoms with Gasteiger partial charge in [-0.05, 0) is 37.1 Å². The molecule has 0 radical (unpaired) electrons. The van der Waals surface area contributed by atoms with E-state index in [4.69, 9.17) is 4.74 Å². The zero-order valence-corrected chi connectivity index (χ0v) is 16.3. The number of anilines is 1. The number of benzene rings is 1. The van der Waals surface area contributed by atoms with E-state index < -0.39 is 0 Å². The van der Waals surface area contributed by atoms with Crippen molar-refractivity contribution in [2.45, 2.75) is 23.8 Å².